The Labute approximate surface area is 98.7 Å². The average molecular weight is 234 g/mol. The first-order valence-corrected chi connectivity index (χ1v) is 5.41. The number of rotatable bonds is 2. The van der Waals surface area contributed by atoms with Crippen LogP contribution >= 0.6 is 0 Å². The summed E-state index contributed by atoms with van der Waals surface area (Å²) in [6, 6.07) is -0.565. The average Bonchev–Trinajstić information content (AvgIpc) is 2.67. The third-order valence-electron chi connectivity index (χ3n) is 3.07. The topological polar surface area (TPSA) is 61.2 Å². The molecule has 0 spiro atoms. The zero-order valence-electron chi connectivity index (χ0n) is 9.84. The molecule has 1 aromatic heterocycles. The van der Waals surface area contributed by atoms with Crippen molar-refractivity contribution in [3.05, 3.63) is 34.5 Å². The number of carbonyl (C=O) groups excluding carboxylic acids is 1. The number of carbonyl (C=O) groups is 1. The van der Waals surface area contributed by atoms with Crippen molar-refractivity contribution in [3.63, 3.8) is 0 Å². The van der Waals surface area contributed by atoms with Gasteiger partial charge in [0.2, 0.25) is 0 Å². The van der Waals surface area contributed by atoms with E-state index in [-0.39, 0.29) is 11.5 Å². The molecule has 2 rings (SSSR count). The molecule has 0 unspecified atom stereocenters. The summed E-state index contributed by atoms with van der Waals surface area (Å²) in [5, 5.41) is 0. The second-order valence-electron chi connectivity index (χ2n) is 4.13. The zero-order valence-corrected chi connectivity index (χ0v) is 9.84. The van der Waals surface area contributed by atoms with Crippen LogP contribution in [-0.2, 0) is 9.53 Å². The van der Waals surface area contributed by atoms with Crippen molar-refractivity contribution < 1.29 is 9.53 Å². The number of hydrogen-bond donors (Lipinski definition) is 0. The maximum Gasteiger partial charge on any atom is 0.329 e. The van der Waals surface area contributed by atoms with E-state index in [1.54, 1.807) is 0 Å². The fraction of sp³-hybridized carbons (Fsp3) is 0.417. The maximum atomic E-state index is 12.1. The van der Waals surface area contributed by atoms with Gasteiger partial charge in [-0.2, -0.15) is 0 Å². The van der Waals surface area contributed by atoms with Crippen LogP contribution in [0.25, 0.3) is 6.08 Å². The van der Waals surface area contributed by atoms with E-state index >= 15 is 0 Å². The Morgan fingerprint density at radius 2 is 2.41 bits per heavy atom. The van der Waals surface area contributed by atoms with Crippen LogP contribution in [0.3, 0.4) is 0 Å². The van der Waals surface area contributed by atoms with Gasteiger partial charge in [-0.05, 0) is 6.42 Å². The molecule has 0 saturated heterocycles. The Hall–Kier alpha value is -1.91. The van der Waals surface area contributed by atoms with Crippen LogP contribution in [-0.4, -0.2) is 22.6 Å². The Morgan fingerprint density at radius 3 is 3.00 bits per heavy atom. The van der Waals surface area contributed by atoms with Crippen LogP contribution in [0.4, 0.5) is 0 Å². The maximum absolute atomic E-state index is 12.1. The van der Waals surface area contributed by atoms with Gasteiger partial charge in [0, 0.05) is 12.1 Å². The Bertz CT molecular complexity index is 533. The van der Waals surface area contributed by atoms with E-state index in [0.29, 0.717) is 17.8 Å². The minimum Gasteiger partial charge on any atom is -0.467 e. The molecule has 0 fully saturated rings. The van der Waals surface area contributed by atoms with E-state index in [1.165, 1.54) is 23.9 Å². The first kappa shape index (κ1) is 11.6. The van der Waals surface area contributed by atoms with Gasteiger partial charge in [-0.1, -0.05) is 19.6 Å². The number of nitrogens with zero attached hydrogens (tertiary/aromatic N) is 2. The molecule has 17 heavy (non-hydrogen) atoms. The zero-order chi connectivity index (χ0) is 12.6. The molecule has 0 amide bonds. The van der Waals surface area contributed by atoms with Gasteiger partial charge in [0.05, 0.1) is 12.7 Å². The normalized spacial score (nSPS) is 22.0. The predicted molar refractivity (Wildman–Crippen MR) is 62.7 cm³/mol. The van der Waals surface area contributed by atoms with Crippen molar-refractivity contribution >= 4 is 12.0 Å². The summed E-state index contributed by atoms with van der Waals surface area (Å²) in [5.74, 6) is 0.308. The largest absolute Gasteiger partial charge is 0.467 e. The summed E-state index contributed by atoms with van der Waals surface area (Å²) < 4.78 is 6.14. The number of ether oxygens (including phenoxy) is 1. The van der Waals surface area contributed by atoms with Gasteiger partial charge in [-0.15, -0.1) is 0 Å². The SMILES string of the molecule is C=Cc1cnc2n(c1=O)[C@H](C(=O)OC)C[C@H]2C. The predicted octanol–water partition coefficient (Wildman–Crippen LogP) is 1.11. The molecule has 0 aromatic carbocycles. The van der Waals surface area contributed by atoms with Gasteiger partial charge in [0.15, 0.2) is 0 Å². The smallest absolute Gasteiger partial charge is 0.329 e. The van der Waals surface area contributed by atoms with Crippen LogP contribution in [0, 0.1) is 0 Å². The lowest BCUT2D eigenvalue weighted by molar-refractivity contribution is -0.144. The lowest BCUT2D eigenvalue weighted by atomic mass is 10.1. The van der Waals surface area contributed by atoms with Crippen molar-refractivity contribution in [2.75, 3.05) is 7.11 Å². The first-order valence-electron chi connectivity index (χ1n) is 5.41. The molecule has 2 atom stereocenters. The lowest BCUT2D eigenvalue weighted by Crippen LogP contribution is -2.30. The number of fused-ring (bicyclic) bond motifs is 1. The highest BCUT2D eigenvalue weighted by molar-refractivity contribution is 5.75. The molecule has 0 saturated carbocycles. The molecule has 5 nitrogen and oxygen atoms in total. The van der Waals surface area contributed by atoms with Gasteiger partial charge in [0.1, 0.15) is 11.9 Å². The highest BCUT2D eigenvalue weighted by Gasteiger charge is 2.35. The molecule has 0 bridgehead atoms. The van der Waals surface area contributed by atoms with Crippen LogP contribution < -0.4 is 5.56 Å². The lowest BCUT2D eigenvalue weighted by Gasteiger charge is -2.11. The summed E-state index contributed by atoms with van der Waals surface area (Å²) in [6.07, 6.45) is 3.49. The van der Waals surface area contributed by atoms with E-state index in [9.17, 15) is 9.59 Å². The first-order chi connectivity index (χ1) is 8.10. The standard InChI is InChI=1S/C12H14N2O3/c1-4-8-6-13-10-7(2)5-9(12(16)17-3)14(10)11(8)15/h4,6-7,9H,1,5H2,2-3H3/t7-,9+/m1/s1. The summed E-state index contributed by atoms with van der Waals surface area (Å²) in [6.45, 7) is 5.50. The molecule has 1 aromatic rings. The molecule has 0 aliphatic carbocycles. The van der Waals surface area contributed by atoms with E-state index in [2.05, 4.69) is 11.6 Å². The van der Waals surface area contributed by atoms with Gasteiger partial charge < -0.3 is 4.74 Å². The fourth-order valence-corrected chi connectivity index (χ4v) is 2.19. The van der Waals surface area contributed by atoms with Crippen molar-refractivity contribution in [3.8, 4) is 0 Å². The summed E-state index contributed by atoms with van der Waals surface area (Å²) >= 11 is 0. The third-order valence-corrected chi connectivity index (χ3v) is 3.07. The molecular weight excluding hydrogens is 220 g/mol. The van der Waals surface area contributed by atoms with Crippen LogP contribution in [0.2, 0.25) is 0 Å². The number of hydrogen-bond acceptors (Lipinski definition) is 4. The third kappa shape index (κ3) is 1.67. The van der Waals surface area contributed by atoms with Crippen molar-refractivity contribution in [1.29, 1.82) is 0 Å². The molecule has 90 valence electrons. The monoisotopic (exact) mass is 234 g/mol. The second kappa shape index (κ2) is 4.16. The summed E-state index contributed by atoms with van der Waals surface area (Å²) in [7, 11) is 1.32. The highest BCUT2D eigenvalue weighted by atomic mass is 16.5. The molecule has 0 radical (unpaired) electrons. The van der Waals surface area contributed by atoms with Crippen LogP contribution in [0.5, 0.6) is 0 Å². The molecule has 0 N–H and O–H groups in total. The number of esters is 1. The van der Waals surface area contributed by atoms with Gasteiger partial charge in [0.25, 0.3) is 5.56 Å². The van der Waals surface area contributed by atoms with Crippen molar-refractivity contribution in [1.82, 2.24) is 9.55 Å². The van der Waals surface area contributed by atoms with E-state index in [1.807, 2.05) is 6.92 Å². The number of aromatic nitrogens is 2. The molecule has 1 aliphatic heterocycles. The highest BCUT2D eigenvalue weighted by Crippen LogP contribution is 2.33. The van der Waals surface area contributed by atoms with E-state index < -0.39 is 12.0 Å². The number of methoxy groups -OCH3 is 1. The quantitative estimate of drug-likeness (QED) is 0.719. The van der Waals surface area contributed by atoms with Crippen LogP contribution in [0.15, 0.2) is 17.6 Å². The van der Waals surface area contributed by atoms with Gasteiger partial charge in [-0.3, -0.25) is 9.36 Å². The summed E-state index contributed by atoms with van der Waals surface area (Å²) in [5.41, 5.74) is 0.168. The molecule has 5 heteroatoms. The van der Waals surface area contributed by atoms with Crippen molar-refractivity contribution in [2.24, 2.45) is 0 Å². The molecule has 1 aliphatic rings. The van der Waals surface area contributed by atoms with E-state index in [4.69, 9.17) is 4.74 Å². The molecular formula is C12H14N2O3. The Balaban J connectivity index is 2.62. The van der Waals surface area contributed by atoms with Crippen molar-refractivity contribution in [2.45, 2.75) is 25.3 Å². The van der Waals surface area contributed by atoms with E-state index in [0.717, 1.165) is 0 Å². The second-order valence-corrected chi connectivity index (χ2v) is 4.13. The fourth-order valence-electron chi connectivity index (χ4n) is 2.19. The molecule has 2 heterocycles. The van der Waals surface area contributed by atoms with Gasteiger partial charge >= 0.3 is 5.97 Å². The summed E-state index contributed by atoms with van der Waals surface area (Å²) in [4.78, 5) is 28.0. The Morgan fingerprint density at radius 1 is 1.71 bits per heavy atom. The Kier molecular flexibility index (Phi) is 2.83. The minimum absolute atomic E-state index is 0.0747. The van der Waals surface area contributed by atoms with Gasteiger partial charge in [-0.25, -0.2) is 9.78 Å². The van der Waals surface area contributed by atoms with Crippen LogP contribution in [0.1, 0.15) is 36.7 Å². The minimum atomic E-state index is -0.565.